The number of ether oxygens (including phenoxy) is 1. The number of nitrogens with one attached hydrogen (secondary N) is 2. The van der Waals surface area contributed by atoms with Crippen molar-refractivity contribution in [1.82, 2.24) is 20.4 Å². The van der Waals surface area contributed by atoms with Crippen LogP contribution in [-0.4, -0.2) is 103 Å². The zero-order valence-corrected chi connectivity index (χ0v) is 22.4. The summed E-state index contributed by atoms with van der Waals surface area (Å²) in [4.78, 5) is 65.6. The summed E-state index contributed by atoms with van der Waals surface area (Å²) < 4.78 is 68.9. The number of benzene rings is 1. The third-order valence-electron chi connectivity index (χ3n) is 6.88. The number of halogens is 5. The van der Waals surface area contributed by atoms with E-state index in [4.69, 9.17) is 4.74 Å². The number of morpholine rings is 1. The number of likely N-dealkylation sites (tertiary alicyclic amines) is 1. The molecule has 10 nitrogen and oxygen atoms in total. The minimum absolute atomic E-state index is 0.0705. The van der Waals surface area contributed by atoms with E-state index < -0.39 is 60.1 Å². The summed E-state index contributed by atoms with van der Waals surface area (Å²) in [5.41, 5.74) is 0.541. The Balaban J connectivity index is 1.63. The Bertz CT molecular complexity index is 1150. The number of hydrogen-bond donors (Lipinski definition) is 2. The predicted octanol–water partition coefficient (Wildman–Crippen LogP) is 1.79. The van der Waals surface area contributed by atoms with Gasteiger partial charge in [0.2, 0.25) is 17.6 Å². The molecule has 15 heteroatoms. The number of hydrogen-bond acceptors (Lipinski definition) is 6. The molecule has 1 aromatic rings. The van der Waals surface area contributed by atoms with Crippen molar-refractivity contribution in [1.29, 1.82) is 0 Å². The second-order valence-corrected chi connectivity index (χ2v) is 10.1. The molecule has 2 aliphatic rings. The lowest BCUT2D eigenvalue weighted by molar-refractivity contribution is -0.268. The highest BCUT2D eigenvalue weighted by molar-refractivity contribution is 6.00. The molecule has 2 saturated heterocycles. The fourth-order valence-corrected chi connectivity index (χ4v) is 4.49. The number of Topliss-reactive ketones (excluding diaryl/α,β-unsaturated/α-hetero) is 1. The maximum Gasteiger partial charge on any atom is 0.461 e. The number of carbonyl (C=O) groups excluding carboxylic acids is 5. The van der Waals surface area contributed by atoms with E-state index in [1.165, 1.54) is 24.3 Å². The minimum atomic E-state index is -6.11. The summed E-state index contributed by atoms with van der Waals surface area (Å²) in [6.45, 7) is 3.56. The highest BCUT2D eigenvalue weighted by Gasteiger charge is 2.62. The molecule has 226 valence electrons. The summed E-state index contributed by atoms with van der Waals surface area (Å²) in [7, 11) is 0. The van der Waals surface area contributed by atoms with E-state index in [9.17, 15) is 45.9 Å². The van der Waals surface area contributed by atoms with Crippen molar-refractivity contribution in [2.24, 2.45) is 5.92 Å². The zero-order chi connectivity index (χ0) is 30.5. The van der Waals surface area contributed by atoms with E-state index in [1.807, 2.05) is 0 Å². The van der Waals surface area contributed by atoms with Gasteiger partial charge in [-0.15, -0.1) is 0 Å². The number of amides is 4. The van der Waals surface area contributed by atoms with Gasteiger partial charge in [-0.05, 0) is 43.0 Å². The van der Waals surface area contributed by atoms with Crippen LogP contribution in [0.1, 0.15) is 47.4 Å². The van der Waals surface area contributed by atoms with Crippen LogP contribution in [-0.2, 0) is 19.1 Å². The topological polar surface area (TPSA) is 125 Å². The molecular weight excluding hydrogens is 559 g/mol. The van der Waals surface area contributed by atoms with E-state index in [0.29, 0.717) is 38.3 Å². The summed E-state index contributed by atoms with van der Waals surface area (Å²) in [5.74, 6) is -11.2. The van der Waals surface area contributed by atoms with Gasteiger partial charge in [0.25, 0.3) is 11.8 Å². The van der Waals surface area contributed by atoms with Crippen LogP contribution >= 0.6 is 0 Å². The van der Waals surface area contributed by atoms with Gasteiger partial charge in [0.15, 0.2) is 0 Å². The van der Waals surface area contributed by atoms with Crippen molar-refractivity contribution in [3.05, 3.63) is 35.4 Å². The summed E-state index contributed by atoms with van der Waals surface area (Å²) >= 11 is 0. The molecule has 2 atom stereocenters. The lowest BCUT2D eigenvalue weighted by atomic mass is 10.0. The molecule has 1 aromatic carbocycles. The van der Waals surface area contributed by atoms with Gasteiger partial charge >= 0.3 is 12.1 Å². The van der Waals surface area contributed by atoms with Gasteiger partial charge in [-0.2, -0.15) is 22.0 Å². The van der Waals surface area contributed by atoms with Crippen LogP contribution in [0.15, 0.2) is 24.3 Å². The van der Waals surface area contributed by atoms with Gasteiger partial charge in [0.05, 0.1) is 19.8 Å². The lowest BCUT2D eigenvalue weighted by Gasteiger charge is -2.30. The summed E-state index contributed by atoms with van der Waals surface area (Å²) in [5, 5.41) is 4.39. The van der Waals surface area contributed by atoms with Gasteiger partial charge in [-0.25, -0.2) is 0 Å². The minimum Gasteiger partial charge on any atom is -0.378 e. The van der Waals surface area contributed by atoms with E-state index >= 15 is 0 Å². The van der Waals surface area contributed by atoms with Gasteiger partial charge in [-0.1, -0.05) is 13.8 Å². The maximum absolute atomic E-state index is 13.4. The fraction of sp³-hybridized carbons (Fsp3) is 0.577. The Morgan fingerprint density at radius 1 is 0.951 bits per heavy atom. The largest absolute Gasteiger partial charge is 0.461 e. The molecule has 0 aliphatic carbocycles. The Labute approximate surface area is 232 Å². The van der Waals surface area contributed by atoms with Crippen LogP contribution in [0.3, 0.4) is 0 Å². The molecule has 3 rings (SSSR count). The summed E-state index contributed by atoms with van der Waals surface area (Å²) in [6, 6.07) is 3.52. The predicted molar refractivity (Wildman–Crippen MR) is 133 cm³/mol. The normalized spacial score (nSPS) is 18.7. The Morgan fingerprint density at radius 2 is 1.54 bits per heavy atom. The molecule has 0 radical (unpaired) electrons. The second-order valence-electron chi connectivity index (χ2n) is 10.1. The SMILES string of the molecule is CC(C)[C@H](NC(=O)c1ccc(C(=O)N2CCOCC2)cc1)C(=O)N1CCC[C@H]1C(=O)NCC(=O)C(F)(F)C(F)(F)F. The molecule has 2 N–H and O–H groups in total. The second kappa shape index (κ2) is 12.9. The highest BCUT2D eigenvalue weighted by atomic mass is 19.4. The molecule has 0 saturated carbocycles. The molecule has 4 amide bonds. The van der Waals surface area contributed by atoms with E-state index in [2.05, 4.69) is 5.32 Å². The summed E-state index contributed by atoms with van der Waals surface area (Å²) in [6.07, 6.45) is -5.70. The van der Waals surface area contributed by atoms with Crippen molar-refractivity contribution in [2.75, 3.05) is 39.4 Å². The molecule has 0 unspecified atom stereocenters. The van der Waals surface area contributed by atoms with Crippen LogP contribution in [0.4, 0.5) is 22.0 Å². The van der Waals surface area contributed by atoms with E-state index in [0.717, 1.165) is 4.90 Å². The number of alkyl halides is 5. The van der Waals surface area contributed by atoms with Gasteiger partial charge in [0.1, 0.15) is 12.1 Å². The molecule has 0 spiro atoms. The van der Waals surface area contributed by atoms with E-state index in [-0.39, 0.29) is 24.4 Å². The van der Waals surface area contributed by atoms with Crippen molar-refractivity contribution in [3.8, 4) is 0 Å². The Morgan fingerprint density at radius 3 is 2.10 bits per heavy atom. The average Bonchev–Trinajstić information content (AvgIpc) is 3.43. The van der Waals surface area contributed by atoms with Crippen LogP contribution < -0.4 is 10.6 Å². The number of ketones is 1. The van der Waals surface area contributed by atoms with Gasteiger partial charge in [0, 0.05) is 30.8 Å². The third kappa shape index (κ3) is 7.37. The number of carbonyl (C=O) groups is 5. The monoisotopic (exact) mass is 590 g/mol. The first-order valence-electron chi connectivity index (χ1n) is 13.0. The third-order valence-corrected chi connectivity index (χ3v) is 6.88. The van der Waals surface area contributed by atoms with E-state index in [1.54, 1.807) is 24.1 Å². The van der Waals surface area contributed by atoms with Crippen LogP contribution in [0.5, 0.6) is 0 Å². The maximum atomic E-state index is 13.4. The molecular formula is C26H31F5N4O6. The molecule has 2 fully saturated rings. The van der Waals surface area contributed by atoms with Crippen LogP contribution in [0.25, 0.3) is 0 Å². The zero-order valence-electron chi connectivity index (χ0n) is 22.4. The molecule has 41 heavy (non-hydrogen) atoms. The first-order chi connectivity index (χ1) is 19.1. The van der Waals surface area contributed by atoms with Crippen molar-refractivity contribution in [3.63, 3.8) is 0 Å². The quantitative estimate of drug-likeness (QED) is 0.423. The van der Waals surface area contributed by atoms with Crippen molar-refractivity contribution in [2.45, 2.75) is 50.9 Å². The first kappa shape index (κ1) is 31.9. The van der Waals surface area contributed by atoms with Crippen LogP contribution in [0, 0.1) is 5.92 Å². The average molecular weight is 591 g/mol. The molecule has 0 aromatic heterocycles. The fourth-order valence-electron chi connectivity index (χ4n) is 4.49. The molecule has 2 aliphatic heterocycles. The van der Waals surface area contributed by atoms with Gasteiger partial charge in [-0.3, -0.25) is 24.0 Å². The Hall–Kier alpha value is -3.62. The number of rotatable bonds is 9. The van der Waals surface area contributed by atoms with Crippen molar-refractivity contribution >= 4 is 29.4 Å². The van der Waals surface area contributed by atoms with Crippen molar-refractivity contribution < 1.29 is 50.7 Å². The molecule has 2 heterocycles. The lowest BCUT2D eigenvalue weighted by Crippen LogP contribution is -2.56. The standard InChI is InChI=1S/C26H31F5N4O6/c1-15(2)20(33-21(37)16-5-7-17(8-6-16)23(39)34-10-12-41-13-11-34)24(40)35-9-3-4-18(35)22(38)32-14-19(36)25(27,28)26(29,30)31/h5-8,15,18,20H,3-4,9-14H2,1-2H3,(H,32,38)(H,33,37)/t18-,20-/m0/s1. The first-order valence-corrected chi connectivity index (χ1v) is 13.0. The highest BCUT2D eigenvalue weighted by Crippen LogP contribution is 2.36. The van der Waals surface area contributed by atoms with Gasteiger partial charge < -0.3 is 25.2 Å². The smallest absolute Gasteiger partial charge is 0.378 e. The van der Waals surface area contributed by atoms with Crippen LogP contribution in [0.2, 0.25) is 0 Å². The Kier molecular flexibility index (Phi) is 10.0. The number of nitrogens with zero attached hydrogens (tertiary/aromatic N) is 2. The molecule has 0 bridgehead atoms.